The average Bonchev–Trinajstić information content (AvgIpc) is 3.90. The second kappa shape index (κ2) is 11.2. The van der Waals surface area contributed by atoms with Gasteiger partial charge < -0.3 is 9.05 Å². The lowest BCUT2D eigenvalue weighted by molar-refractivity contribution is 1.17. The molecule has 7 aromatic carbocycles. The minimum atomic E-state index is -0.0345. The molecule has 0 fully saturated rings. The van der Waals surface area contributed by atoms with Crippen LogP contribution in [0.5, 0.6) is 0 Å². The lowest BCUT2D eigenvalue weighted by Gasteiger charge is -2.33. The van der Waals surface area contributed by atoms with Crippen molar-refractivity contribution in [3.05, 3.63) is 168 Å². The molecule has 0 saturated heterocycles. The van der Waals surface area contributed by atoms with Gasteiger partial charge in [-0.3, -0.25) is 4.98 Å². The highest BCUT2D eigenvalue weighted by Crippen LogP contribution is 2.52. The first kappa shape index (κ1) is 31.5. The van der Waals surface area contributed by atoms with Gasteiger partial charge in [-0.15, -0.1) is 11.3 Å². The number of nitrogens with zero attached hydrogens (tertiary/aromatic N) is 3. The van der Waals surface area contributed by atoms with Gasteiger partial charge in [0.2, 0.25) is 0 Å². The lowest BCUT2D eigenvalue weighted by atomic mass is 9.46. The van der Waals surface area contributed by atoms with Crippen molar-refractivity contribution < 1.29 is 0 Å². The van der Waals surface area contributed by atoms with E-state index in [-0.39, 0.29) is 6.85 Å². The Bertz CT molecular complexity index is 3530. The van der Waals surface area contributed by atoms with E-state index in [9.17, 15) is 0 Å². The number of benzene rings is 7. The number of rotatable bonds is 3. The molecule has 0 bridgehead atoms. The molecular formula is C52H34BN3S. The van der Waals surface area contributed by atoms with Gasteiger partial charge in [0.25, 0.3) is 0 Å². The van der Waals surface area contributed by atoms with Crippen LogP contribution in [-0.4, -0.2) is 20.9 Å². The fourth-order valence-corrected chi connectivity index (χ4v) is 12.2. The predicted molar refractivity (Wildman–Crippen MR) is 243 cm³/mol. The van der Waals surface area contributed by atoms with Gasteiger partial charge >= 0.3 is 6.85 Å². The van der Waals surface area contributed by atoms with Crippen molar-refractivity contribution in [2.24, 2.45) is 0 Å². The maximum absolute atomic E-state index is 5.39. The molecule has 2 aliphatic heterocycles. The van der Waals surface area contributed by atoms with Gasteiger partial charge in [0.05, 0.1) is 22.2 Å². The maximum Gasteiger partial charge on any atom is 0.333 e. The average molecular weight is 744 g/mol. The summed E-state index contributed by atoms with van der Waals surface area (Å²) in [7, 11) is 0. The maximum atomic E-state index is 5.39. The Morgan fingerprint density at radius 1 is 0.526 bits per heavy atom. The Morgan fingerprint density at radius 3 is 2.05 bits per heavy atom. The van der Waals surface area contributed by atoms with E-state index < -0.39 is 0 Å². The molecule has 11 aromatic rings. The minimum Gasteiger partial charge on any atom is -0.374 e. The van der Waals surface area contributed by atoms with Gasteiger partial charge in [0, 0.05) is 65.0 Å². The van der Waals surface area contributed by atoms with Gasteiger partial charge in [-0.1, -0.05) is 121 Å². The molecule has 2 aliphatic rings. The van der Waals surface area contributed by atoms with E-state index in [4.69, 9.17) is 4.98 Å². The minimum absolute atomic E-state index is 0.0345. The third kappa shape index (κ3) is 4.04. The van der Waals surface area contributed by atoms with Crippen molar-refractivity contribution in [1.29, 1.82) is 0 Å². The number of pyridine rings is 1. The number of thiophene rings is 1. The standard InChI is InChI=1S/C52H34BN3S/c1-29-25-30(2)44(31(3)26-29)34-21-22-42-38(27-34)37-23-24-54-48-46-47-43(28-39-45(32-13-6-4-7-14-32)51(57-52(39)46)33-15-8-5-9-16-33)55-41-20-11-10-17-35(41)36-18-12-19-40(49(36)55)53(47)56(42)50(37)48/h4-28H,1-3H3. The van der Waals surface area contributed by atoms with Crippen molar-refractivity contribution in [1.82, 2.24) is 14.0 Å². The van der Waals surface area contributed by atoms with Crippen LogP contribution < -0.4 is 10.9 Å². The number of hydrogen-bond acceptors (Lipinski definition) is 2. The summed E-state index contributed by atoms with van der Waals surface area (Å²) in [6.07, 6.45) is 2.05. The smallest absolute Gasteiger partial charge is 0.333 e. The molecule has 0 amide bonds. The molecular weight excluding hydrogens is 709 g/mol. The van der Waals surface area contributed by atoms with Crippen molar-refractivity contribution in [3.8, 4) is 49.6 Å². The third-order valence-electron chi connectivity index (χ3n) is 12.8. The van der Waals surface area contributed by atoms with Crippen LogP contribution in [0.15, 0.2) is 152 Å². The predicted octanol–water partition coefficient (Wildman–Crippen LogP) is 12.4. The van der Waals surface area contributed by atoms with Crippen molar-refractivity contribution in [2.75, 3.05) is 0 Å². The lowest BCUT2D eigenvalue weighted by Crippen LogP contribution is -2.55. The van der Waals surface area contributed by atoms with E-state index >= 15 is 0 Å². The van der Waals surface area contributed by atoms with E-state index in [1.165, 1.54) is 125 Å². The van der Waals surface area contributed by atoms with Crippen molar-refractivity contribution >= 4 is 82.8 Å². The second-order valence-electron chi connectivity index (χ2n) is 16.0. The molecule has 13 rings (SSSR count). The van der Waals surface area contributed by atoms with E-state index in [1.807, 2.05) is 17.5 Å². The van der Waals surface area contributed by atoms with E-state index in [0.29, 0.717) is 0 Å². The zero-order valence-corrected chi connectivity index (χ0v) is 32.6. The highest BCUT2D eigenvalue weighted by Gasteiger charge is 2.43. The zero-order valence-electron chi connectivity index (χ0n) is 31.8. The Morgan fingerprint density at radius 2 is 1.25 bits per heavy atom. The highest BCUT2D eigenvalue weighted by atomic mass is 32.1. The number of para-hydroxylation sites is 2. The van der Waals surface area contributed by atoms with Gasteiger partial charge in [0.1, 0.15) is 0 Å². The van der Waals surface area contributed by atoms with Crippen LogP contribution in [0.4, 0.5) is 0 Å². The molecule has 4 aromatic heterocycles. The summed E-state index contributed by atoms with van der Waals surface area (Å²) in [4.78, 5) is 6.68. The first-order chi connectivity index (χ1) is 28.0. The number of hydrogen-bond donors (Lipinski definition) is 0. The summed E-state index contributed by atoms with van der Waals surface area (Å²) < 4.78 is 6.51. The molecule has 5 heteroatoms. The summed E-state index contributed by atoms with van der Waals surface area (Å²) in [6.45, 7) is 6.65. The molecule has 0 unspecified atom stereocenters. The SMILES string of the molecule is Cc1cc(C)c(-c2ccc3c(c2)c2ccnc4c2n3B2c3c(cc5c(-c6ccccc6)c(-c6ccccc6)sc5c3-4)-n3c4ccccc4c4cccc2c43)c(C)c1. The summed E-state index contributed by atoms with van der Waals surface area (Å²) >= 11 is 1.92. The first-order valence-electron chi connectivity index (χ1n) is 19.8. The summed E-state index contributed by atoms with van der Waals surface area (Å²) in [6, 6.07) is 54.4. The molecule has 0 atom stereocenters. The topological polar surface area (TPSA) is 22.8 Å². The second-order valence-corrected chi connectivity index (χ2v) is 17.0. The third-order valence-corrected chi connectivity index (χ3v) is 14.1. The first-order valence-corrected chi connectivity index (χ1v) is 20.6. The zero-order chi connectivity index (χ0) is 37.7. The monoisotopic (exact) mass is 743 g/mol. The number of aryl methyl sites for hydroxylation is 3. The Kier molecular flexibility index (Phi) is 6.20. The molecule has 0 aliphatic carbocycles. The van der Waals surface area contributed by atoms with Crippen LogP contribution in [-0.2, 0) is 0 Å². The largest absolute Gasteiger partial charge is 0.374 e. The Hall–Kier alpha value is -6.69. The van der Waals surface area contributed by atoms with Crippen molar-refractivity contribution in [2.45, 2.75) is 20.8 Å². The van der Waals surface area contributed by atoms with E-state index in [1.54, 1.807) is 0 Å². The molecule has 57 heavy (non-hydrogen) atoms. The van der Waals surface area contributed by atoms with Crippen LogP contribution in [0.2, 0.25) is 0 Å². The molecule has 0 saturated carbocycles. The summed E-state index contributed by atoms with van der Waals surface area (Å²) in [5.41, 5.74) is 21.5. The molecule has 0 spiro atoms. The highest BCUT2D eigenvalue weighted by molar-refractivity contribution is 7.24. The van der Waals surface area contributed by atoms with Crippen LogP contribution in [0.25, 0.3) is 103 Å². The number of fused-ring (bicyclic) bond motifs is 12. The normalized spacial score (nSPS) is 12.8. The van der Waals surface area contributed by atoms with E-state index in [2.05, 4.69) is 175 Å². The summed E-state index contributed by atoms with van der Waals surface area (Å²) in [5.74, 6) is 0. The fourth-order valence-electron chi connectivity index (χ4n) is 10.8. The fraction of sp³-hybridized carbons (Fsp3) is 0.0577. The molecule has 0 N–H and O–H groups in total. The van der Waals surface area contributed by atoms with Crippen molar-refractivity contribution in [3.63, 3.8) is 0 Å². The molecule has 266 valence electrons. The van der Waals surface area contributed by atoms with Gasteiger partial charge in [-0.05, 0) is 95.4 Å². The van der Waals surface area contributed by atoms with Crippen LogP contribution in [0.3, 0.4) is 0 Å². The Labute approximate surface area is 334 Å². The van der Waals surface area contributed by atoms with Gasteiger partial charge in [-0.2, -0.15) is 0 Å². The van der Waals surface area contributed by atoms with Crippen LogP contribution >= 0.6 is 11.3 Å². The van der Waals surface area contributed by atoms with Crippen LogP contribution in [0, 0.1) is 20.8 Å². The molecule has 0 radical (unpaired) electrons. The Balaban J connectivity index is 1.24. The quantitative estimate of drug-likeness (QED) is 0.165. The van der Waals surface area contributed by atoms with Gasteiger partial charge in [0.15, 0.2) is 0 Å². The summed E-state index contributed by atoms with van der Waals surface area (Å²) in [5, 5.41) is 6.39. The van der Waals surface area contributed by atoms with Crippen LogP contribution in [0.1, 0.15) is 16.7 Å². The molecule has 3 nitrogen and oxygen atoms in total. The van der Waals surface area contributed by atoms with Gasteiger partial charge in [-0.25, -0.2) is 0 Å². The van der Waals surface area contributed by atoms with E-state index in [0.717, 1.165) is 5.69 Å². The molecule has 6 heterocycles. The number of aromatic nitrogens is 3.